The highest BCUT2D eigenvalue weighted by Gasteiger charge is 2.12. The molecule has 0 saturated carbocycles. The van der Waals surface area contributed by atoms with E-state index in [4.69, 9.17) is 9.47 Å². The van der Waals surface area contributed by atoms with Crippen molar-refractivity contribution in [3.05, 3.63) is 68.2 Å². The minimum Gasteiger partial charge on any atom is -0.493 e. The number of carbonyl (C=O) groups is 1. The van der Waals surface area contributed by atoms with Gasteiger partial charge in [-0.15, -0.1) is 11.3 Å². The number of nitrogens with zero attached hydrogens (tertiary/aromatic N) is 1. The van der Waals surface area contributed by atoms with E-state index < -0.39 is 0 Å². The average molecular weight is 466 g/mol. The third kappa shape index (κ3) is 4.70. The van der Waals surface area contributed by atoms with E-state index in [2.05, 4.69) is 32.9 Å². The Bertz CT molecular complexity index is 869. The van der Waals surface area contributed by atoms with Crippen molar-refractivity contribution in [2.75, 3.05) is 12.4 Å². The summed E-state index contributed by atoms with van der Waals surface area (Å²) >= 11 is 3.72. The van der Waals surface area contributed by atoms with Gasteiger partial charge in [0.1, 0.15) is 6.61 Å². The van der Waals surface area contributed by atoms with Gasteiger partial charge < -0.3 is 14.8 Å². The maximum Gasteiger partial charge on any atom is 0.255 e. The lowest BCUT2D eigenvalue weighted by molar-refractivity contribution is 0.102. The number of methoxy groups -OCH3 is 1. The summed E-state index contributed by atoms with van der Waals surface area (Å²) in [6, 6.07) is 12.7. The number of thiazole rings is 1. The number of benzene rings is 2. The number of hydrogen-bond acceptors (Lipinski definition) is 5. The molecule has 0 bridgehead atoms. The predicted octanol–water partition coefficient (Wildman–Crippen LogP) is 4.59. The fourth-order valence-electron chi connectivity index (χ4n) is 2.16. The Morgan fingerprint density at radius 3 is 2.84 bits per heavy atom. The smallest absolute Gasteiger partial charge is 0.255 e. The summed E-state index contributed by atoms with van der Waals surface area (Å²) in [7, 11) is 1.55. The molecular formula is C18H15IN2O3S. The normalized spacial score (nSPS) is 10.3. The maximum atomic E-state index is 12.4. The zero-order valence-corrected chi connectivity index (χ0v) is 16.3. The predicted molar refractivity (Wildman–Crippen MR) is 107 cm³/mol. The van der Waals surface area contributed by atoms with Crippen LogP contribution in [0.3, 0.4) is 0 Å². The van der Waals surface area contributed by atoms with Crippen LogP contribution in [-0.2, 0) is 6.61 Å². The van der Waals surface area contributed by atoms with Gasteiger partial charge in [-0.25, -0.2) is 4.98 Å². The van der Waals surface area contributed by atoms with Crippen LogP contribution in [0, 0.1) is 3.57 Å². The lowest BCUT2D eigenvalue weighted by atomic mass is 10.2. The van der Waals surface area contributed by atoms with E-state index in [1.807, 2.05) is 29.6 Å². The van der Waals surface area contributed by atoms with E-state index in [1.54, 1.807) is 30.8 Å². The second-order valence-corrected chi connectivity index (χ2v) is 7.06. The Hall–Kier alpha value is -2.13. The van der Waals surface area contributed by atoms with Crippen molar-refractivity contribution in [3.8, 4) is 11.5 Å². The van der Waals surface area contributed by atoms with Gasteiger partial charge in [0, 0.05) is 20.2 Å². The van der Waals surface area contributed by atoms with Crippen LogP contribution < -0.4 is 14.8 Å². The molecule has 5 nitrogen and oxygen atoms in total. The maximum absolute atomic E-state index is 12.4. The number of anilines is 1. The molecule has 0 fully saturated rings. The Kier molecular flexibility index (Phi) is 5.87. The van der Waals surface area contributed by atoms with Gasteiger partial charge in [0.2, 0.25) is 0 Å². The minimum atomic E-state index is -0.202. The number of rotatable bonds is 6. The SMILES string of the molecule is COc1cc(C(=O)Nc2cccc(I)c2)ccc1OCc1cscn1. The molecule has 1 amide bonds. The van der Waals surface area contributed by atoms with E-state index in [-0.39, 0.29) is 5.91 Å². The molecule has 0 aliphatic carbocycles. The van der Waals surface area contributed by atoms with Gasteiger partial charge in [-0.05, 0) is 59.0 Å². The van der Waals surface area contributed by atoms with Crippen molar-refractivity contribution in [2.24, 2.45) is 0 Å². The molecule has 3 rings (SSSR count). The summed E-state index contributed by atoms with van der Waals surface area (Å²) in [5.41, 5.74) is 3.86. The third-order valence-electron chi connectivity index (χ3n) is 3.37. The largest absolute Gasteiger partial charge is 0.493 e. The molecular weight excluding hydrogens is 451 g/mol. The van der Waals surface area contributed by atoms with Gasteiger partial charge in [-0.3, -0.25) is 4.79 Å². The lowest BCUT2D eigenvalue weighted by Gasteiger charge is -2.12. The van der Waals surface area contributed by atoms with Crippen LogP contribution in [0.25, 0.3) is 0 Å². The van der Waals surface area contributed by atoms with Crippen LogP contribution in [-0.4, -0.2) is 18.0 Å². The number of aromatic nitrogens is 1. The monoisotopic (exact) mass is 466 g/mol. The van der Waals surface area contributed by atoms with Crippen molar-refractivity contribution in [3.63, 3.8) is 0 Å². The van der Waals surface area contributed by atoms with Gasteiger partial charge in [-0.1, -0.05) is 6.07 Å². The van der Waals surface area contributed by atoms with Gasteiger partial charge in [0.25, 0.3) is 5.91 Å². The first-order valence-corrected chi connectivity index (χ1v) is 9.42. The molecule has 1 aromatic heterocycles. The third-order valence-corrected chi connectivity index (χ3v) is 4.67. The molecule has 0 aliphatic rings. The lowest BCUT2D eigenvalue weighted by Crippen LogP contribution is -2.12. The first kappa shape index (κ1) is 17.7. The van der Waals surface area contributed by atoms with E-state index >= 15 is 0 Å². The van der Waals surface area contributed by atoms with Crippen molar-refractivity contribution < 1.29 is 14.3 Å². The topological polar surface area (TPSA) is 60.5 Å². The number of halogens is 1. The zero-order valence-electron chi connectivity index (χ0n) is 13.4. The van der Waals surface area contributed by atoms with Crippen molar-refractivity contribution in [2.45, 2.75) is 6.61 Å². The highest BCUT2D eigenvalue weighted by Crippen LogP contribution is 2.29. The fraction of sp³-hybridized carbons (Fsp3) is 0.111. The first-order valence-electron chi connectivity index (χ1n) is 7.40. The van der Waals surface area contributed by atoms with Crippen molar-refractivity contribution >= 4 is 45.5 Å². The average Bonchev–Trinajstić information content (AvgIpc) is 3.13. The minimum absolute atomic E-state index is 0.202. The number of nitrogens with one attached hydrogen (secondary N) is 1. The Morgan fingerprint density at radius 2 is 2.12 bits per heavy atom. The fourth-order valence-corrected chi connectivity index (χ4v) is 3.24. The first-order chi connectivity index (χ1) is 12.2. The van der Waals surface area contributed by atoms with Gasteiger partial charge in [-0.2, -0.15) is 0 Å². The molecule has 7 heteroatoms. The highest BCUT2D eigenvalue weighted by molar-refractivity contribution is 14.1. The van der Waals surface area contributed by atoms with Gasteiger partial charge in [0.05, 0.1) is 18.3 Å². The quantitative estimate of drug-likeness (QED) is 0.540. The summed E-state index contributed by atoms with van der Waals surface area (Å²) in [5.74, 6) is 0.873. The molecule has 0 atom stereocenters. The molecule has 128 valence electrons. The molecule has 0 saturated heterocycles. The van der Waals surface area contributed by atoms with Crippen LogP contribution in [0.5, 0.6) is 11.5 Å². The zero-order chi connectivity index (χ0) is 17.6. The second kappa shape index (κ2) is 8.30. The number of amides is 1. The molecule has 1 N–H and O–H groups in total. The van der Waals surface area contributed by atoms with Crippen molar-refractivity contribution in [1.29, 1.82) is 0 Å². The summed E-state index contributed by atoms with van der Waals surface area (Å²) < 4.78 is 12.1. The molecule has 0 aliphatic heterocycles. The number of ether oxygens (including phenoxy) is 2. The van der Waals surface area contributed by atoms with Crippen LogP contribution in [0.4, 0.5) is 5.69 Å². The molecule has 2 aromatic carbocycles. The van der Waals surface area contributed by atoms with E-state index in [0.717, 1.165) is 15.0 Å². The summed E-state index contributed by atoms with van der Waals surface area (Å²) in [6.45, 7) is 0.355. The molecule has 3 aromatic rings. The molecule has 0 radical (unpaired) electrons. The van der Waals surface area contributed by atoms with Crippen LogP contribution in [0.2, 0.25) is 0 Å². The van der Waals surface area contributed by atoms with E-state index in [1.165, 1.54) is 11.3 Å². The molecule has 1 heterocycles. The van der Waals surface area contributed by atoms with Crippen molar-refractivity contribution in [1.82, 2.24) is 4.98 Å². The Balaban J connectivity index is 1.72. The molecule has 0 unspecified atom stereocenters. The highest BCUT2D eigenvalue weighted by atomic mass is 127. The summed E-state index contributed by atoms with van der Waals surface area (Å²) in [6.07, 6.45) is 0. The van der Waals surface area contributed by atoms with E-state index in [0.29, 0.717) is 23.7 Å². The Labute approximate surface area is 163 Å². The van der Waals surface area contributed by atoms with Crippen LogP contribution in [0.1, 0.15) is 16.1 Å². The molecule has 0 spiro atoms. The molecule has 25 heavy (non-hydrogen) atoms. The number of carbonyl (C=O) groups excluding carboxylic acids is 1. The van der Waals surface area contributed by atoms with E-state index in [9.17, 15) is 4.79 Å². The second-order valence-electron chi connectivity index (χ2n) is 5.10. The Morgan fingerprint density at radius 1 is 1.24 bits per heavy atom. The number of hydrogen-bond donors (Lipinski definition) is 1. The van der Waals surface area contributed by atoms with Crippen LogP contribution >= 0.6 is 33.9 Å². The van der Waals surface area contributed by atoms with Crippen LogP contribution in [0.15, 0.2) is 53.4 Å². The van der Waals surface area contributed by atoms with Gasteiger partial charge >= 0.3 is 0 Å². The standard InChI is InChI=1S/C18H15IN2O3S/c1-23-17-7-12(18(22)21-14-4-2-3-13(19)8-14)5-6-16(17)24-9-15-10-25-11-20-15/h2-8,10-11H,9H2,1H3,(H,21,22). The summed E-state index contributed by atoms with van der Waals surface area (Å²) in [5, 5.41) is 4.80. The van der Waals surface area contributed by atoms with Gasteiger partial charge in [0.15, 0.2) is 11.5 Å². The summed E-state index contributed by atoms with van der Waals surface area (Å²) in [4.78, 5) is 16.6.